The molecule has 0 bridgehead atoms. The Hall–Kier alpha value is -0.900. The summed E-state index contributed by atoms with van der Waals surface area (Å²) in [5.41, 5.74) is 1.40. The number of likely N-dealkylation sites (tertiary alicyclic amines) is 2. The Labute approximate surface area is 199 Å². The highest BCUT2D eigenvalue weighted by molar-refractivity contribution is 14.0. The molecule has 1 aromatic rings. The van der Waals surface area contributed by atoms with Gasteiger partial charge < -0.3 is 20.3 Å². The lowest BCUT2D eigenvalue weighted by atomic mass is 10.1. The predicted molar refractivity (Wildman–Crippen MR) is 136 cm³/mol. The number of hydrogen-bond acceptors (Lipinski definition) is 4. The minimum Gasteiger partial charge on any atom is -0.383 e. The van der Waals surface area contributed by atoms with E-state index in [-0.39, 0.29) is 24.0 Å². The van der Waals surface area contributed by atoms with Gasteiger partial charge in [0.25, 0.3) is 0 Å². The van der Waals surface area contributed by atoms with Crippen molar-refractivity contribution in [3.05, 3.63) is 35.9 Å². The molecule has 7 heteroatoms. The number of piperidine rings is 1. The molecular formula is C23H40IN5O. The van der Waals surface area contributed by atoms with Crippen molar-refractivity contribution in [2.75, 3.05) is 53.0 Å². The maximum Gasteiger partial charge on any atom is 0.191 e. The van der Waals surface area contributed by atoms with Crippen LogP contribution < -0.4 is 10.6 Å². The van der Waals surface area contributed by atoms with Crippen LogP contribution in [0.25, 0.3) is 0 Å². The second kappa shape index (κ2) is 14.2. The molecule has 0 amide bonds. The van der Waals surface area contributed by atoms with Crippen molar-refractivity contribution in [1.29, 1.82) is 0 Å². The maximum absolute atomic E-state index is 5.20. The van der Waals surface area contributed by atoms with E-state index >= 15 is 0 Å². The minimum atomic E-state index is 0. The van der Waals surface area contributed by atoms with E-state index in [1.165, 1.54) is 24.9 Å². The summed E-state index contributed by atoms with van der Waals surface area (Å²) < 4.78 is 5.20. The van der Waals surface area contributed by atoms with E-state index in [2.05, 4.69) is 57.7 Å². The summed E-state index contributed by atoms with van der Waals surface area (Å²) >= 11 is 0. The number of nitrogens with one attached hydrogen (secondary N) is 2. The topological polar surface area (TPSA) is 52.1 Å². The smallest absolute Gasteiger partial charge is 0.191 e. The zero-order valence-corrected chi connectivity index (χ0v) is 21.0. The Morgan fingerprint density at radius 1 is 1.13 bits per heavy atom. The lowest BCUT2D eigenvalue weighted by molar-refractivity contribution is 0.128. The molecule has 1 atom stereocenters. The molecular weight excluding hydrogens is 489 g/mol. The molecule has 0 radical (unpaired) electrons. The Balaban J connectivity index is 0.00000320. The van der Waals surface area contributed by atoms with Gasteiger partial charge in [-0.2, -0.15) is 0 Å². The van der Waals surface area contributed by atoms with E-state index in [1.54, 1.807) is 7.11 Å². The van der Waals surface area contributed by atoms with E-state index in [9.17, 15) is 0 Å². The van der Waals surface area contributed by atoms with Gasteiger partial charge in [0.1, 0.15) is 0 Å². The molecule has 0 saturated carbocycles. The molecule has 2 fully saturated rings. The molecule has 2 N–H and O–H groups in total. The zero-order chi connectivity index (χ0) is 20.3. The second-order valence-corrected chi connectivity index (χ2v) is 8.22. The monoisotopic (exact) mass is 529 g/mol. The van der Waals surface area contributed by atoms with E-state index in [0.717, 1.165) is 64.7 Å². The van der Waals surface area contributed by atoms with Crippen molar-refractivity contribution in [3.8, 4) is 0 Å². The molecule has 2 aliphatic heterocycles. The van der Waals surface area contributed by atoms with Gasteiger partial charge in [-0.3, -0.25) is 9.89 Å². The number of rotatable bonds is 9. The van der Waals surface area contributed by atoms with Gasteiger partial charge >= 0.3 is 0 Å². The van der Waals surface area contributed by atoms with E-state index in [1.807, 2.05) is 0 Å². The fraction of sp³-hybridized carbons (Fsp3) is 0.696. The molecule has 1 aromatic carbocycles. The van der Waals surface area contributed by atoms with Crippen LogP contribution in [0.3, 0.4) is 0 Å². The van der Waals surface area contributed by atoms with Gasteiger partial charge in [-0.1, -0.05) is 30.3 Å². The summed E-state index contributed by atoms with van der Waals surface area (Å²) in [5, 5.41) is 7.14. The number of methoxy groups -OCH3 is 1. The number of guanidine groups is 1. The zero-order valence-electron chi connectivity index (χ0n) is 18.7. The first-order valence-electron chi connectivity index (χ1n) is 11.3. The lowest BCUT2D eigenvalue weighted by Crippen LogP contribution is -2.49. The van der Waals surface area contributed by atoms with Crippen molar-refractivity contribution in [1.82, 2.24) is 20.4 Å². The highest BCUT2D eigenvalue weighted by Gasteiger charge is 2.25. The first-order chi connectivity index (χ1) is 14.3. The predicted octanol–water partition coefficient (Wildman–Crippen LogP) is 2.93. The van der Waals surface area contributed by atoms with Crippen molar-refractivity contribution >= 4 is 29.9 Å². The van der Waals surface area contributed by atoms with Crippen LogP contribution in [-0.4, -0.2) is 80.8 Å². The van der Waals surface area contributed by atoms with Crippen molar-refractivity contribution in [2.24, 2.45) is 4.99 Å². The fourth-order valence-electron chi connectivity index (χ4n) is 4.36. The van der Waals surface area contributed by atoms with Gasteiger partial charge in [0.2, 0.25) is 0 Å². The first kappa shape index (κ1) is 25.4. The summed E-state index contributed by atoms with van der Waals surface area (Å²) in [6.07, 6.45) is 4.85. The van der Waals surface area contributed by atoms with Gasteiger partial charge in [-0.15, -0.1) is 24.0 Å². The molecule has 0 aromatic heterocycles. The Morgan fingerprint density at radius 3 is 2.60 bits per heavy atom. The van der Waals surface area contributed by atoms with Gasteiger partial charge in [-0.25, -0.2) is 0 Å². The van der Waals surface area contributed by atoms with Crippen molar-refractivity contribution in [3.63, 3.8) is 0 Å². The highest BCUT2D eigenvalue weighted by atomic mass is 127. The first-order valence-corrected chi connectivity index (χ1v) is 11.3. The normalized spacial score (nSPS) is 21.4. The second-order valence-electron chi connectivity index (χ2n) is 8.22. The van der Waals surface area contributed by atoms with Crippen molar-refractivity contribution < 1.29 is 4.74 Å². The molecule has 1 unspecified atom stereocenters. The van der Waals surface area contributed by atoms with Crippen LogP contribution >= 0.6 is 24.0 Å². The third-order valence-electron chi connectivity index (χ3n) is 6.07. The minimum absolute atomic E-state index is 0. The van der Waals surface area contributed by atoms with Gasteiger partial charge in [-0.05, 0) is 44.7 Å². The van der Waals surface area contributed by atoms with Crippen LogP contribution in [0.2, 0.25) is 0 Å². The number of benzene rings is 1. The summed E-state index contributed by atoms with van der Waals surface area (Å²) in [7, 11) is 1.78. The Bertz CT molecular complexity index is 607. The SMILES string of the molecule is CCNC(=NCC1CCCN1Cc1ccccc1)NC1CCN(CCOC)CC1.I. The van der Waals surface area contributed by atoms with Gasteiger partial charge in [0.15, 0.2) is 5.96 Å². The van der Waals surface area contributed by atoms with Gasteiger partial charge in [0, 0.05) is 51.9 Å². The molecule has 2 heterocycles. The molecule has 0 aliphatic carbocycles. The lowest BCUT2D eigenvalue weighted by Gasteiger charge is -2.33. The molecule has 2 saturated heterocycles. The maximum atomic E-state index is 5.20. The van der Waals surface area contributed by atoms with Crippen LogP contribution in [0.15, 0.2) is 35.3 Å². The average molecular weight is 530 g/mol. The number of aliphatic imine (C=N–C) groups is 1. The highest BCUT2D eigenvalue weighted by Crippen LogP contribution is 2.20. The van der Waals surface area contributed by atoms with Crippen LogP contribution in [0.5, 0.6) is 0 Å². The van der Waals surface area contributed by atoms with Crippen LogP contribution in [0.1, 0.15) is 38.2 Å². The molecule has 30 heavy (non-hydrogen) atoms. The largest absolute Gasteiger partial charge is 0.383 e. The van der Waals surface area contributed by atoms with Gasteiger partial charge in [0.05, 0.1) is 13.2 Å². The third-order valence-corrected chi connectivity index (χ3v) is 6.07. The summed E-state index contributed by atoms with van der Waals surface area (Å²) in [4.78, 5) is 10.1. The standard InChI is InChI=1S/C23H39N5O.HI/c1-3-24-23(26-21-11-14-27(15-12-21)16-17-29-2)25-18-22-10-7-13-28(22)19-20-8-5-4-6-9-20;/h4-6,8-9,21-22H,3,7,10-19H2,1-2H3,(H2,24,25,26);1H. The number of hydrogen-bond donors (Lipinski definition) is 2. The average Bonchev–Trinajstić information content (AvgIpc) is 3.19. The van der Waals surface area contributed by atoms with Crippen LogP contribution in [0.4, 0.5) is 0 Å². The molecule has 2 aliphatic rings. The fourth-order valence-corrected chi connectivity index (χ4v) is 4.36. The van der Waals surface area contributed by atoms with E-state index < -0.39 is 0 Å². The van der Waals surface area contributed by atoms with Crippen molar-refractivity contribution in [2.45, 2.75) is 51.2 Å². The summed E-state index contributed by atoms with van der Waals surface area (Å²) in [6.45, 7) is 10.2. The number of nitrogens with zero attached hydrogens (tertiary/aromatic N) is 3. The Morgan fingerprint density at radius 2 is 1.90 bits per heavy atom. The third kappa shape index (κ3) is 8.32. The molecule has 3 rings (SSSR count). The van der Waals surface area contributed by atoms with Crippen LogP contribution in [-0.2, 0) is 11.3 Å². The molecule has 0 spiro atoms. The van der Waals surface area contributed by atoms with E-state index in [0.29, 0.717) is 12.1 Å². The van der Waals surface area contributed by atoms with E-state index in [4.69, 9.17) is 9.73 Å². The number of halogens is 1. The Kier molecular flexibility index (Phi) is 12.0. The summed E-state index contributed by atoms with van der Waals surface area (Å²) in [5.74, 6) is 0.981. The molecule has 170 valence electrons. The number of ether oxygens (including phenoxy) is 1. The van der Waals surface area contributed by atoms with Crippen LogP contribution in [0, 0.1) is 0 Å². The molecule has 6 nitrogen and oxygen atoms in total. The quantitative estimate of drug-likeness (QED) is 0.293. The summed E-state index contributed by atoms with van der Waals surface area (Å²) in [6, 6.07) is 11.9.